The molecule has 1 aliphatic rings. The number of amides is 2. The number of benzene rings is 1. The van der Waals surface area contributed by atoms with E-state index >= 15 is 0 Å². The van der Waals surface area contributed by atoms with E-state index in [4.69, 9.17) is 4.42 Å². The number of likely N-dealkylation sites (tertiary alicyclic amines) is 1. The number of aromatic nitrogens is 3. The van der Waals surface area contributed by atoms with Crippen molar-refractivity contribution in [2.75, 3.05) is 6.54 Å². The average molecular weight is 397 g/mol. The van der Waals surface area contributed by atoms with Gasteiger partial charge in [-0.15, -0.1) is 5.10 Å². The van der Waals surface area contributed by atoms with Crippen molar-refractivity contribution >= 4 is 11.8 Å². The highest BCUT2D eigenvalue weighted by molar-refractivity contribution is 5.92. The molecule has 0 spiro atoms. The summed E-state index contributed by atoms with van der Waals surface area (Å²) in [4.78, 5) is 26.3. The Morgan fingerprint density at radius 2 is 2.03 bits per heavy atom. The number of carbonyl (C=O) groups excluding carboxylic acids is 2. The van der Waals surface area contributed by atoms with Gasteiger partial charge >= 0.3 is 0 Å². The molecule has 150 valence electrons. The second kappa shape index (κ2) is 8.26. The highest BCUT2D eigenvalue weighted by Gasteiger charge is 2.37. The summed E-state index contributed by atoms with van der Waals surface area (Å²) >= 11 is 0. The van der Waals surface area contributed by atoms with Crippen LogP contribution in [0.1, 0.15) is 33.0 Å². The zero-order chi connectivity index (χ0) is 20.2. The van der Waals surface area contributed by atoms with E-state index in [9.17, 15) is 14.0 Å². The van der Waals surface area contributed by atoms with Gasteiger partial charge in [0.05, 0.1) is 31.6 Å². The Hall–Kier alpha value is -3.49. The molecule has 8 nitrogen and oxygen atoms in total. The standard InChI is InChI=1S/C20H20FN5O3/c21-15-9-16(26(11-15)20(28)18-7-4-8-29-18)12-25-13-17(23-24-25)19(27)22-10-14-5-2-1-3-6-14/h1-8,13,15-16H,9-12H2,(H,22,27)/t15-,16-/m0/s1. The third-order valence-electron chi connectivity index (χ3n) is 4.82. The lowest BCUT2D eigenvalue weighted by Gasteiger charge is -2.23. The van der Waals surface area contributed by atoms with E-state index < -0.39 is 12.2 Å². The second-order valence-corrected chi connectivity index (χ2v) is 6.92. The van der Waals surface area contributed by atoms with Crippen molar-refractivity contribution in [3.63, 3.8) is 0 Å². The molecule has 2 amide bonds. The number of nitrogens with one attached hydrogen (secondary N) is 1. The van der Waals surface area contributed by atoms with Crippen LogP contribution in [0.15, 0.2) is 59.3 Å². The minimum Gasteiger partial charge on any atom is -0.459 e. The molecule has 1 aromatic carbocycles. The largest absolute Gasteiger partial charge is 0.459 e. The van der Waals surface area contributed by atoms with Crippen molar-refractivity contribution in [3.8, 4) is 0 Å². The van der Waals surface area contributed by atoms with Crippen molar-refractivity contribution in [3.05, 3.63) is 71.9 Å². The maximum Gasteiger partial charge on any atom is 0.289 e. The first-order chi connectivity index (χ1) is 14.1. The van der Waals surface area contributed by atoms with E-state index in [2.05, 4.69) is 15.6 Å². The van der Waals surface area contributed by atoms with Crippen LogP contribution in [0.25, 0.3) is 0 Å². The van der Waals surface area contributed by atoms with Crippen LogP contribution in [-0.2, 0) is 13.1 Å². The molecule has 0 saturated carbocycles. The predicted octanol–water partition coefficient (Wildman–Crippen LogP) is 2.05. The number of alkyl halides is 1. The SMILES string of the molecule is O=C(NCc1ccccc1)c1cn(C[C@@H]2C[C@H](F)CN2C(=O)c2ccco2)nn1. The smallest absolute Gasteiger partial charge is 0.289 e. The minimum atomic E-state index is -1.11. The molecule has 2 aromatic heterocycles. The predicted molar refractivity (Wildman–Crippen MR) is 101 cm³/mol. The Bertz CT molecular complexity index is 973. The molecule has 1 fully saturated rings. The van der Waals surface area contributed by atoms with E-state index in [-0.39, 0.29) is 42.8 Å². The third-order valence-corrected chi connectivity index (χ3v) is 4.82. The lowest BCUT2D eigenvalue weighted by Crippen LogP contribution is -2.38. The van der Waals surface area contributed by atoms with E-state index in [1.807, 2.05) is 30.3 Å². The Labute approximate surface area is 166 Å². The van der Waals surface area contributed by atoms with Crippen LogP contribution in [0.5, 0.6) is 0 Å². The van der Waals surface area contributed by atoms with E-state index in [0.29, 0.717) is 6.54 Å². The number of furan rings is 1. The molecular formula is C20H20FN5O3. The Morgan fingerprint density at radius 1 is 1.21 bits per heavy atom. The summed E-state index contributed by atoms with van der Waals surface area (Å²) in [6.45, 7) is 0.624. The molecule has 1 aliphatic heterocycles. The van der Waals surface area contributed by atoms with Gasteiger partial charge in [0, 0.05) is 13.0 Å². The number of halogens is 1. The van der Waals surface area contributed by atoms with Gasteiger partial charge in [0.1, 0.15) is 6.17 Å². The maximum atomic E-state index is 14.0. The molecule has 0 radical (unpaired) electrons. The van der Waals surface area contributed by atoms with Gasteiger partial charge in [0.25, 0.3) is 11.8 Å². The van der Waals surface area contributed by atoms with E-state index in [0.717, 1.165) is 5.56 Å². The van der Waals surface area contributed by atoms with Crippen molar-refractivity contribution in [2.45, 2.75) is 31.7 Å². The number of hydrogen-bond acceptors (Lipinski definition) is 5. The fourth-order valence-corrected chi connectivity index (χ4v) is 3.40. The van der Waals surface area contributed by atoms with E-state index in [1.165, 1.54) is 22.0 Å². The molecule has 1 saturated heterocycles. The fraction of sp³-hybridized carbons (Fsp3) is 0.300. The summed E-state index contributed by atoms with van der Waals surface area (Å²) in [7, 11) is 0. The molecule has 3 heterocycles. The number of nitrogens with zero attached hydrogens (tertiary/aromatic N) is 4. The molecule has 0 unspecified atom stereocenters. The monoisotopic (exact) mass is 397 g/mol. The normalized spacial score (nSPS) is 18.7. The van der Waals surface area contributed by atoms with E-state index in [1.54, 1.807) is 12.1 Å². The number of rotatable bonds is 6. The molecule has 3 aromatic rings. The zero-order valence-corrected chi connectivity index (χ0v) is 15.6. The van der Waals surface area contributed by atoms with Gasteiger partial charge in [-0.05, 0) is 17.7 Å². The van der Waals surface area contributed by atoms with Crippen molar-refractivity contribution in [1.82, 2.24) is 25.2 Å². The topological polar surface area (TPSA) is 93.3 Å². The molecule has 4 rings (SSSR count). The van der Waals surface area contributed by atoms with Gasteiger partial charge in [0.15, 0.2) is 11.5 Å². The van der Waals surface area contributed by atoms with Crippen LogP contribution in [0.2, 0.25) is 0 Å². The summed E-state index contributed by atoms with van der Waals surface area (Å²) in [5, 5.41) is 10.6. The molecule has 9 heteroatoms. The first-order valence-electron chi connectivity index (χ1n) is 9.31. The van der Waals surface area contributed by atoms with Gasteiger partial charge in [-0.2, -0.15) is 0 Å². The summed E-state index contributed by atoms with van der Waals surface area (Å²) in [5.41, 5.74) is 1.14. The summed E-state index contributed by atoms with van der Waals surface area (Å²) in [6.07, 6.45) is 1.99. The summed E-state index contributed by atoms with van der Waals surface area (Å²) < 4.78 is 20.6. The van der Waals surface area contributed by atoms with Crippen LogP contribution in [-0.4, -0.2) is 50.5 Å². The quantitative estimate of drug-likeness (QED) is 0.687. The zero-order valence-electron chi connectivity index (χ0n) is 15.6. The average Bonchev–Trinajstić information content (AvgIpc) is 3.48. The molecular weight excluding hydrogens is 377 g/mol. The van der Waals surface area contributed by atoms with Crippen LogP contribution < -0.4 is 5.32 Å². The van der Waals surface area contributed by atoms with Gasteiger partial charge in [-0.1, -0.05) is 35.5 Å². The Kier molecular flexibility index (Phi) is 5.37. The number of hydrogen-bond donors (Lipinski definition) is 1. The minimum absolute atomic E-state index is 0.00329. The fourth-order valence-electron chi connectivity index (χ4n) is 3.40. The van der Waals surface area contributed by atoms with Crippen molar-refractivity contribution in [2.24, 2.45) is 0 Å². The van der Waals surface area contributed by atoms with Crippen molar-refractivity contribution < 1.29 is 18.4 Å². The van der Waals surface area contributed by atoms with Gasteiger partial charge in [-0.3, -0.25) is 9.59 Å². The Morgan fingerprint density at radius 3 is 2.79 bits per heavy atom. The highest BCUT2D eigenvalue weighted by atomic mass is 19.1. The van der Waals surface area contributed by atoms with Gasteiger partial charge in [0.2, 0.25) is 0 Å². The van der Waals surface area contributed by atoms with Crippen LogP contribution in [0.3, 0.4) is 0 Å². The first-order valence-corrected chi connectivity index (χ1v) is 9.31. The second-order valence-electron chi connectivity index (χ2n) is 6.92. The molecule has 2 atom stereocenters. The van der Waals surface area contributed by atoms with Crippen molar-refractivity contribution in [1.29, 1.82) is 0 Å². The molecule has 1 N–H and O–H groups in total. The lowest BCUT2D eigenvalue weighted by molar-refractivity contribution is 0.0682. The first kappa shape index (κ1) is 18.9. The van der Waals surface area contributed by atoms with Gasteiger partial charge < -0.3 is 14.6 Å². The summed E-state index contributed by atoms with van der Waals surface area (Å²) in [5.74, 6) is -0.539. The molecule has 29 heavy (non-hydrogen) atoms. The highest BCUT2D eigenvalue weighted by Crippen LogP contribution is 2.24. The van der Waals surface area contributed by atoms with Crippen LogP contribution in [0.4, 0.5) is 4.39 Å². The maximum absolute atomic E-state index is 14.0. The Balaban J connectivity index is 1.38. The van der Waals surface area contributed by atoms with Crippen LogP contribution >= 0.6 is 0 Å². The number of carbonyl (C=O) groups is 2. The molecule has 0 aliphatic carbocycles. The molecule has 0 bridgehead atoms. The lowest BCUT2D eigenvalue weighted by atomic mass is 10.2. The van der Waals surface area contributed by atoms with Gasteiger partial charge in [-0.25, -0.2) is 9.07 Å². The summed E-state index contributed by atoms with van der Waals surface area (Å²) in [6, 6.07) is 12.3. The third kappa shape index (κ3) is 4.34. The van der Waals surface area contributed by atoms with Crippen LogP contribution in [0, 0.1) is 0 Å².